The molecular formula is C15H23F2N3. The van der Waals surface area contributed by atoms with E-state index in [-0.39, 0.29) is 0 Å². The molecule has 0 heterocycles. The van der Waals surface area contributed by atoms with Gasteiger partial charge in [0.15, 0.2) is 5.96 Å². The number of benzene rings is 1. The summed E-state index contributed by atoms with van der Waals surface area (Å²) in [5.41, 5.74) is 6.17. The minimum Gasteiger partial charge on any atom is -0.370 e. The Balaban J connectivity index is 2.24. The number of aliphatic imine (C=N–C) groups is 1. The second-order valence-electron chi connectivity index (χ2n) is 4.74. The summed E-state index contributed by atoms with van der Waals surface area (Å²) in [4.78, 5) is 4.19. The monoisotopic (exact) mass is 283 g/mol. The van der Waals surface area contributed by atoms with Gasteiger partial charge < -0.3 is 11.1 Å². The predicted molar refractivity (Wildman–Crippen MR) is 78.7 cm³/mol. The summed E-state index contributed by atoms with van der Waals surface area (Å²) in [6, 6.07) is 3.59. The molecule has 0 atom stereocenters. The van der Waals surface area contributed by atoms with Crippen LogP contribution >= 0.6 is 0 Å². The molecule has 0 radical (unpaired) electrons. The Labute approximate surface area is 119 Å². The maximum Gasteiger partial charge on any atom is 0.188 e. The van der Waals surface area contributed by atoms with Crippen molar-refractivity contribution >= 4 is 5.96 Å². The molecule has 1 rings (SSSR count). The molecule has 0 spiro atoms. The Hall–Kier alpha value is -1.65. The predicted octanol–water partition coefficient (Wildman–Crippen LogP) is 2.99. The van der Waals surface area contributed by atoms with Gasteiger partial charge >= 0.3 is 0 Å². The van der Waals surface area contributed by atoms with Crippen LogP contribution < -0.4 is 11.1 Å². The molecule has 0 bridgehead atoms. The van der Waals surface area contributed by atoms with E-state index in [1.807, 2.05) is 0 Å². The summed E-state index contributed by atoms with van der Waals surface area (Å²) in [7, 11) is 0. The Kier molecular flexibility index (Phi) is 7.62. The quantitative estimate of drug-likeness (QED) is 0.438. The van der Waals surface area contributed by atoms with Crippen molar-refractivity contribution in [1.82, 2.24) is 5.32 Å². The van der Waals surface area contributed by atoms with Gasteiger partial charge in [0, 0.05) is 19.2 Å². The van der Waals surface area contributed by atoms with E-state index in [1.54, 1.807) is 0 Å². The number of halogens is 2. The average Bonchev–Trinajstić information content (AvgIpc) is 2.41. The number of nitrogens with one attached hydrogen (secondary N) is 1. The third-order valence-electron chi connectivity index (χ3n) is 3.01. The fourth-order valence-electron chi connectivity index (χ4n) is 1.84. The van der Waals surface area contributed by atoms with Gasteiger partial charge in [-0.1, -0.05) is 32.3 Å². The van der Waals surface area contributed by atoms with Gasteiger partial charge in [-0.15, -0.1) is 0 Å². The van der Waals surface area contributed by atoms with Crippen LogP contribution in [0.4, 0.5) is 8.78 Å². The fourth-order valence-corrected chi connectivity index (χ4v) is 1.84. The molecule has 0 unspecified atom stereocenters. The van der Waals surface area contributed by atoms with Gasteiger partial charge in [0.2, 0.25) is 0 Å². The number of nitrogens with two attached hydrogens (primary N) is 1. The number of hydrogen-bond donors (Lipinski definition) is 2. The van der Waals surface area contributed by atoms with E-state index >= 15 is 0 Å². The van der Waals surface area contributed by atoms with Crippen molar-refractivity contribution in [3.8, 4) is 0 Å². The van der Waals surface area contributed by atoms with Crippen molar-refractivity contribution in [3.63, 3.8) is 0 Å². The van der Waals surface area contributed by atoms with Crippen LogP contribution in [0.2, 0.25) is 0 Å². The van der Waals surface area contributed by atoms with Crippen LogP contribution in [0.1, 0.15) is 38.2 Å². The third kappa shape index (κ3) is 6.50. The van der Waals surface area contributed by atoms with Crippen LogP contribution in [-0.4, -0.2) is 19.0 Å². The molecule has 0 aliphatic heterocycles. The normalized spacial score (nSPS) is 11.7. The Morgan fingerprint density at radius 3 is 2.75 bits per heavy atom. The summed E-state index contributed by atoms with van der Waals surface area (Å²) in [6.07, 6.45) is 5.04. The zero-order valence-electron chi connectivity index (χ0n) is 12.0. The molecule has 0 saturated heterocycles. The number of hydrogen-bond acceptors (Lipinski definition) is 1. The number of unbranched alkanes of at least 4 members (excludes halogenated alkanes) is 3. The Morgan fingerprint density at radius 2 is 2.05 bits per heavy atom. The molecule has 0 aromatic heterocycles. The second kappa shape index (κ2) is 9.28. The van der Waals surface area contributed by atoms with E-state index in [2.05, 4.69) is 17.2 Å². The Bertz CT molecular complexity index is 433. The molecule has 0 aliphatic carbocycles. The summed E-state index contributed by atoms with van der Waals surface area (Å²) >= 11 is 0. The molecular weight excluding hydrogens is 260 g/mol. The zero-order chi connectivity index (χ0) is 14.8. The largest absolute Gasteiger partial charge is 0.370 e. The van der Waals surface area contributed by atoms with Gasteiger partial charge in [-0.05, 0) is 24.5 Å². The van der Waals surface area contributed by atoms with Crippen LogP contribution in [0.25, 0.3) is 0 Å². The highest BCUT2D eigenvalue weighted by molar-refractivity contribution is 5.77. The molecule has 20 heavy (non-hydrogen) atoms. The van der Waals surface area contributed by atoms with Crippen molar-refractivity contribution in [2.75, 3.05) is 13.1 Å². The molecule has 3 N–H and O–H groups in total. The minimum atomic E-state index is -0.563. The molecule has 0 saturated carbocycles. The van der Waals surface area contributed by atoms with Gasteiger partial charge in [0.05, 0.1) is 0 Å². The van der Waals surface area contributed by atoms with Gasteiger partial charge in [-0.2, -0.15) is 0 Å². The number of rotatable bonds is 8. The minimum absolute atomic E-state index is 0.379. The van der Waals surface area contributed by atoms with E-state index < -0.39 is 11.6 Å². The number of guanidine groups is 1. The molecule has 112 valence electrons. The van der Waals surface area contributed by atoms with E-state index in [0.29, 0.717) is 31.0 Å². The lowest BCUT2D eigenvalue weighted by atomic mass is 10.1. The van der Waals surface area contributed by atoms with E-state index in [4.69, 9.17) is 5.73 Å². The topological polar surface area (TPSA) is 50.4 Å². The van der Waals surface area contributed by atoms with Gasteiger partial charge in [0.1, 0.15) is 11.6 Å². The first kappa shape index (κ1) is 16.4. The fraction of sp³-hybridized carbons (Fsp3) is 0.533. The summed E-state index contributed by atoms with van der Waals surface area (Å²) in [5.74, 6) is -0.710. The van der Waals surface area contributed by atoms with Crippen molar-refractivity contribution < 1.29 is 8.78 Å². The lowest BCUT2D eigenvalue weighted by Crippen LogP contribution is -2.33. The first-order valence-electron chi connectivity index (χ1n) is 7.11. The zero-order valence-corrected chi connectivity index (χ0v) is 12.0. The maximum absolute atomic E-state index is 13.4. The van der Waals surface area contributed by atoms with Crippen molar-refractivity contribution in [2.45, 2.75) is 39.0 Å². The first-order valence-corrected chi connectivity index (χ1v) is 7.11. The summed E-state index contributed by atoms with van der Waals surface area (Å²) in [5, 5.41) is 2.93. The smallest absolute Gasteiger partial charge is 0.188 e. The number of nitrogens with zero attached hydrogens (tertiary/aromatic N) is 1. The van der Waals surface area contributed by atoms with Crippen LogP contribution in [0.15, 0.2) is 23.2 Å². The van der Waals surface area contributed by atoms with Crippen LogP contribution in [0.5, 0.6) is 0 Å². The second-order valence-corrected chi connectivity index (χ2v) is 4.74. The standard InChI is InChI=1S/C15H23F2N3/c1-2-3-4-5-9-19-15(18)20-10-8-12-6-7-13(16)11-14(12)17/h6-7,11H,2-5,8-10H2,1H3,(H3,18,19,20). The van der Waals surface area contributed by atoms with E-state index in [0.717, 1.165) is 18.9 Å². The SMILES string of the molecule is CCCCCCN=C(N)NCCc1ccc(F)cc1F. The Morgan fingerprint density at radius 1 is 1.25 bits per heavy atom. The van der Waals surface area contributed by atoms with Gasteiger partial charge in [-0.3, -0.25) is 4.99 Å². The van der Waals surface area contributed by atoms with Crippen molar-refractivity contribution in [2.24, 2.45) is 10.7 Å². The van der Waals surface area contributed by atoms with Crippen LogP contribution in [0.3, 0.4) is 0 Å². The lowest BCUT2D eigenvalue weighted by Gasteiger charge is -2.06. The molecule has 5 heteroatoms. The summed E-state index contributed by atoms with van der Waals surface area (Å²) in [6.45, 7) is 3.35. The first-order chi connectivity index (χ1) is 9.63. The highest BCUT2D eigenvalue weighted by atomic mass is 19.1. The lowest BCUT2D eigenvalue weighted by molar-refractivity contribution is 0.570. The highest BCUT2D eigenvalue weighted by Gasteiger charge is 2.03. The third-order valence-corrected chi connectivity index (χ3v) is 3.01. The van der Waals surface area contributed by atoms with Crippen molar-refractivity contribution in [1.29, 1.82) is 0 Å². The van der Waals surface area contributed by atoms with Crippen LogP contribution in [-0.2, 0) is 6.42 Å². The van der Waals surface area contributed by atoms with Gasteiger partial charge in [-0.25, -0.2) is 8.78 Å². The highest BCUT2D eigenvalue weighted by Crippen LogP contribution is 2.09. The average molecular weight is 283 g/mol. The maximum atomic E-state index is 13.4. The van der Waals surface area contributed by atoms with Crippen molar-refractivity contribution in [3.05, 3.63) is 35.4 Å². The van der Waals surface area contributed by atoms with Crippen LogP contribution in [0, 0.1) is 11.6 Å². The molecule has 1 aromatic rings. The molecule has 0 fully saturated rings. The molecule has 3 nitrogen and oxygen atoms in total. The van der Waals surface area contributed by atoms with E-state index in [1.165, 1.54) is 25.0 Å². The molecule has 1 aromatic carbocycles. The molecule has 0 aliphatic rings. The molecule has 0 amide bonds. The van der Waals surface area contributed by atoms with E-state index in [9.17, 15) is 8.78 Å². The van der Waals surface area contributed by atoms with Gasteiger partial charge in [0.25, 0.3) is 0 Å². The summed E-state index contributed by atoms with van der Waals surface area (Å²) < 4.78 is 26.1.